The summed E-state index contributed by atoms with van der Waals surface area (Å²) in [5.41, 5.74) is 1.49. The number of imide groups is 1. The number of fused-ring (bicyclic) bond motifs is 4. The lowest BCUT2D eigenvalue weighted by atomic mass is 9.44. The molecule has 10 nitrogen and oxygen atoms in total. The van der Waals surface area contributed by atoms with Gasteiger partial charge in [-0.1, -0.05) is 109 Å². The molecule has 58 heavy (non-hydrogen) atoms. The number of carbonyl (C=O) groups is 5. The van der Waals surface area contributed by atoms with Crippen molar-refractivity contribution in [3.63, 3.8) is 0 Å². The van der Waals surface area contributed by atoms with Crippen LogP contribution in [-0.4, -0.2) is 44.7 Å². The Morgan fingerprint density at radius 2 is 1.45 bits per heavy atom. The zero-order valence-corrected chi connectivity index (χ0v) is 31.0. The number of amides is 2. The fourth-order valence-electron chi connectivity index (χ4n) is 9.91. The van der Waals surface area contributed by atoms with Gasteiger partial charge >= 0.3 is 5.97 Å². The molecule has 5 aromatic rings. The number of allylic oxidation sites excluding steroid dienone is 4. The first-order chi connectivity index (χ1) is 28.1. The average molecular weight is 772 g/mol. The molecule has 2 amide bonds. The first-order valence-corrected chi connectivity index (χ1v) is 19.1. The summed E-state index contributed by atoms with van der Waals surface area (Å²) < 4.78 is 6.06. The summed E-state index contributed by atoms with van der Waals surface area (Å²) in [5, 5.41) is 32.0. The molecule has 0 aromatic heterocycles. The Kier molecular flexibility index (Phi) is 8.92. The highest BCUT2D eigenvalue weighted by Crippen LogP contribution is 2.64. The number of phenols is 2. The molecule has 288 valence electrons. The number of anilines is 1. The smallest absolute Gasteiger partial charge is 0.339 e. The summed E-state index contributed by atoms with van der Waals surface area (Å²) in [5.74, 6) is -7.84. The molecule has 3 aliphatic carbocycles. The maximum absolute atomic E-state index is 15.3. The number of nitrogens with zero attached hydrogens (tertiary/aromatic N) is 1. The van der Waals surface area contributed by atoms with Crippen molar-refractivity contribution in [2.45, 2.75) is 30.8 Å². The van der Waals surface area contributed by atoms with Crippen molar-refractivity contribution in [2.75, 3.05) is 4.90 Å². The van der Waals surface area contributed by atoms with E-state index >= 15 is 9.59 Å². The molecule has 1 aliphatic heterocycles. The third-order valence-electron chi connectivity index (χ3n) is 12.4. The van der Waals surface area contributed by atoms with E-state index in [1.54, 1.807) is 36.4 Å². The van der Waals surface area contributed by atoms with E-state index in [9.17, 15) is 29.7 Å². The first-order valence-electron chi connectivity index (χ1n) is 19.1. The van der Waals surface area contributed by atoms with Gasteiger partial charge in [-0.3, -0.25) is 19.2 Å². The van der Waals surface area contributed by atoms with Crippen LogP contribution < -0.4 is 9.64 Å². The molecule has 1 saturated heterocycles. The molecular weight excluding hydrogens is 735 g/mol. The molecule has 3 N–H and O–H groups in total. The SMILES string of the molecule is O=C(O)c1ccc(N2C(=O)[C@H]3[C@H](CC=C4[C@H]3C[C@H]3C(=O)C(c5ccccc5)=CC(=O)[C@@]3(c3ccccc3)[C@H]4c3ccc(OCc4ccccc4)cc3O)C2=O)cc1O. The van der Waals surface area contributed by atoms with Crippen LogP contribution in [0.25, 0.3) is 5.57 Å². The maximum Gasteiger partial charge on any atom is 0.339 e. The van der Waals surface area contributed by atoms with Crippen molar-refractivity contribution in [1.82, 2.24) is 0 Å². The molecule has 5 aromatic carbocycles. The van der Waals surface area contributed by atoms with Gasteiger partial charge in [-0.15, -0.1) is 0 Å². The van der Waals surface area contributed by atoms with Crippen molar-refractivity contribution in [3.05, 3.63) is 173 Å². The lowest BCUT2D eigenvalue weighted by Gasteiger charge is -2.55. The third kappa shape index (κ3) is 5.66. The standard InChI is InChI=1S/C48H37NO9/c50-39-22-30(16-18-34(39)47(56)57)49-45(54)35-21-20-32-37(42(35)46(49)55)24-38-44(53)36(28-12-6-2-7-13-28)25-41(52)48(38,29-14-8-3-9-15-29)43(32)33-19-17-31(23-40(33)51)58-26-27-10-4-1-5-11-27/h1-20,22-23,25,35,37-38,42-43,50-51H,21,24,26H2,(H,56,57)/t35-,37+,38-,42-,43+,48-/m0/s1. The van der Waals surface area contributed by atoms with Gasteiger partial charge in [-0.05, 0) is 59.7 Å². The second kappa shape index (κ2) is 14.1. The van der Waals surface area contributed by atoms with Crippen LogP contribution in [0.4, 0.5) is 5.69 Å². The summed E-state index contributed by atoms with van der Waals surface area (Å²) in [6, 6.07) is 36.1. The van der Waals surface area contributed by atoms with Crippen LogP contribution in [0.3, 0.4) is 0 Å². The molecule has 4 aliphatic rings. The number of phenolic OH excluding ortho intramolecular Hbond substituents is 1. The van der Waals surface area contributed by atoms with Gasteiger partial charge in [0.2, 0.25) is 11.8 Å². The number of Topliss-reactive ketones (excluding diaryl/α,β-unsaturated/α-hetero) is 1. The average Bonchev–Trinajstić information content (AvgIpc) is 3.50. The predicted molar refractivity (Wildman–Crippen MR) is 213 cm³/mol. The zero-order valence-electron chi connectivity index (χ0n) is 31.0. The molecule has 2 fully saturated rings. The maximum atomic E-state index is 15.3. The molecule has 6 atom stereocenters. The molecule has 1 saturated carbocycles. The molecule has 0 bridgehead atoms. The van der Waals surface area contributed by atoms with E-state index in [0.29, 0.717) is 28.0 Å². The number of carboxylic acid groups (broad SMARTS) is 1. The Morgan fingerprint density at radius 3 is 2.12 bits per heavy atom. The summed E-state index contributed by atoms with van der Waals surface area (Å²) in [7, 11) is 0. The number of ketones is 2. The fourth-order valence-corrected chi connectivity index (χ4v) is 9.91. The molecule has 0 spiro atoms. The molecule has 0 radical (unpaired) electrons. The topological polar surface area (TPSA) is 159 Å². The first kappa shape index (κ1) is 36.6. The largest absolute Gasteiger partial charge is 0.508 e. The van der Waals surface area contributed by atoms with E-state index in [2.05, 4.69) is 0 Å². The number of hydrogen-bond donors (Lipinski definition) is 3. The second-order valence-corrected chi connectivity index (χ2v) is 15.3. The van der Waals surface area contributed by atoms with E-state index in [0.717, 1.165) is 22.6 Å². The van der Waals surface area contributed by atoms with Crippen molar-refractivity contribution in [2.24, 2.45) is 23.7 Å². The van der Waals surface area contributed by atoms with E-state index in [4.69, 9.17) is 4.74 Å². The highest BCUT2D eigenvalue weighted by atomic mass is 16.5. The lowest BCUT2D eigenvalue weighted by molar-refractivity contribution is -0.135. The quantitative estimate of drug-likeness (QED) is 0.108. The number of carboxylic acids is 1. The van der Waals surface area contributed by atoms with Crippen LogP contribution in [0, 0.1) is 23.7 Å². The fraction of sp³-hybridized carbons (Fsp3) is 0.188. The summed E-state index contributed by atoms with van der Waals surface area (Å²) in [6.45, 7) is 0.249. The summed E-state index contributed by atoms with van der Waals surface area (Å²) >= 11 is 0. The van der Waals surface area contributed by atoms with Gasteiger partial charge in [0.15, 0.2) is 11.6 Å². The number of rotatable bonds is 8. The Morgan fingerprint density at radius 1 is 0.759 bits per heavy atom. The van der Waals surface area contributed by atoms with E-state index in [-0.39, 0.29) is 53.6 Å². The van der Waals surface area contributed by atoms with E-state index in [1.165, 1.54) is 18.2 Å². The minimum absolute atomic E-state index is 0.0291. The highest BCUT2D eigenvalue weighted by Gasteiger charge is 2.66. The van der Waals surface area contributed by atoms with Gasteiger partial charge in [0, 0.05) is 35.1 Å². The van der Waals surface area contributed by atoms with Gasteiger partial charge in [-0.2, -0.15) is 0 Å². The summed E-state index contributed by atoms with van der Waals surface area (Å²) in [4.78, 5) is 72.0. The third-order valence-corrected chi connectivity index (χ3v) is 12.4. The molecule has 9 rings (SSSR count). The number of benzene rings is 5. The minimum atomic E-state index is -1.54. The number of ether oxygens (including phenoxy) is 1. The van der Waals surface area contributed by atoms with Crippen LogP contribution in [0.1, 0.15) is 51.4 Å². The minimum Gasteiger partial charge on any atom is -0.508 e. The van der Waals surface area contributed by atoms with Crippen molar-refractivity contribution in [1.29, 1.82) is 0 Å². The van der Waals surface area contributed by atoms with Crippen LogP contribution in [-0.2, 0) is 31.2 Å². The molecule has 0 unspecified atom stereocenters. The Labute approximate surface area is 333 Å². The second-order valence-electron chi connectivity index (χ2n) is 15.3. The van der Waals surface area contributed by atoms with Gasteiger partial charge < -0.3 is 20.1 Å². The summed E-state index contributed by atoms with van der Waals surface area (Å²) in [6.07, 6.45) is 3.51. The Hall–Kier alpha value is -7.07. The number of aromatic carboxylic acids is 1. The predicted octanol–water partition coefficient (Wildman–Crippen LogP) is 7.40. The van der Waals surface area contributed by atoms with Crippen LogP contribution in [0.2, 0.25) is 0 Å². The normalized spacial score (nSPS) is 25.0. The number of hydrogen-bond acceptors (Lipinski definition) is 8. The van der Waals surface area contributed by atoms with Crippen LogP contribution in [0.5, 0.6) is 17.2 Å². The van der Waals surface area contributed by atoms with Gasteiger partial charge in [-0.25, -0.2) is 9.69 Å². The molecule has 10 heteroatoms. The Balaban J connectivity index is 1.21. The highest BCUT2D eigenvalue weighted by molar-refractivity contribution is 6.32. The lowest BCUT2D eigenvalue weighted by Crippen LogP contribution is -2.58. The van der Waals surface area contributed by atoms with Gasteiger partial charge in [0.25, 0.3) is 0 Å². The van der Waals surface area contributed by atoms with Gasteiger partial charge in [0.05, 0.1) is 22.9 Å². The van der Waals surface area contributed by atoms with Crippen molar-refractivity contribution < 1.29 is 44.0 Å². The van der Waals surface area contributed by atoms with E-state index in [1.807, 2.05) is 72.8 Å². The zero-order chi connectivity index (χ0) is 40.3. The molecule has 1 heterocycles. The van der Waals surface area contributed by atoms with Crippen LogP contribution >= 0.6 is 0 Å². The molecular formula is C48H37NO9. The number of carbonyl (C=O) groups excluding carboxylic acids is 4. The Bertz CT molecular complexity index is 2580. The van der Waals surface area contributed by atoms with Crippen molar-refractivity contribution >= 4 is 40.6 Å². The van der Waals surface area contributed by atoms with Crippen LogP contribution in [0.15, 0.2) is 145 Å². The van der Waals surface area contributed by atoms with Crippen molar-refractivity contribution in [3.8, 4) is 17.2 Å². The number of aromatic hydroxyl groups is 2. The van der Waals surface area contributed by atoms with E-state index < -0.39 is 58.5 Å². The monoisotopic (exact) mass is 771 g/mol. The van der Waals surface area contributed by atoms with Gasteiger partial charge in [0.1, 0.15) is 29.4 Å².